The Bertz CT molecular complexity index is 1040. The number of benzene rings is 2. The van der Waals surface area contributed by atoms with Crippen LogP contribution < -0.4 is 15.1 Å². The Balaban J connectivity index is 1.53. The number of aromatic nitrogens is 1. The van der Waals surface area contributed by atoms with Crippen molar-refractivity contribution in [3.05, 3.63) is 71.9 Å². The minimum Gasteiger partial charge on any atom is -0.360 e. The molecule has 0 bridgehead atoms. The number of rotatable bonds is 7. The molecule has 4 rings (SSSR count). The zero-order valence-corrected chi connectivity index (χ0v) is 18.3. The summed E-state index contributed by atoms with van der Waals surface area (Å²) < 4.78 is 0. The van der Waals surface area contributed by atoms with Gasteiger partial charge < -0.3 is 20.1 Å². The predicted molar refractivity (Wildman–Crippen MR) is 121 cm³/mol. The Morgan fingerprint density at radius 3 is 2.35 bits per heavy atom. The third-order valence-corrected chi connectivity index (χ3v) is 6.12. The summed E-state index contributed by atoms with van der Waals surface area (Å²) in [7, 11) is 0. The monoisotopic (exact) mass is 420 g/mol. The molecule has 3 aromatic rings. The zero-order chi connectivity index (χ0) is 21.8. The number of hydrogen-bond acceptors (Lipinski definition) is 2. The van der Waals surface area contributed by atoms with E-state index in [1.54, 1.807) is 0 Å². The Labute approximate surface area is 183 Å². The average Bonchev–Trinajstić information content (AvgIpc) is 3.19. The molecular formula is C25H32N4O2+2. The van der Waals surface area contributed by atoms with Gasteiger partial charge in [0.1, 0.15) is 26.2 Å². The summed E-state index contributed by atoms with van der Waals surface area (Å²) in [6.45, 7) is 7.94. The Kier molecular flexibility index (Phi) is 6.49. The van der Waals surface area contributed by atoms with Gasteiger partial charge in [0.05, 0.1) is 0 Å². The maximum atomic E-state index is 13.8. The van der Waals surface area contributed by atoms with Crippen LogP contribution in [0.5, 0.6) is 0 Å². The first kappa shape index (κ1) is 21.3. The summed E-state index contributed by atoms with van der Waals surface area (Å²) in [6, 6.07) is 18.0. The molecular weight excluding hydrogens is 388 g/mol. The van der Waals surface area contributed by atoms with Crippen LogP contribution in [0.25, 0.3) is 10.9 Å². The summed E-state index contributed by atoms with van der Waals surface area (Å²) in [5.41, 5.74) is 2.79. The lowest BCUT2D eigenvalue weighted by Crippen LogP contribution is -3.28. The van der Waals surface area contributed by atoms with Crippen molar-refractivity contribution < 1.29 is 19.4 Å². The molecule has 1 fully saturated rings. The number of H-pyrrole nitrogens is 1. The highest BCUT2D eigenvalue weighted by atomic mass is 16.2. The number of hydrogen-bond donors (Lipinski definition) is 4. The van der Waals surface area contributed by atoms with Crippen molar-refractivity contribution in [3.8, 4) is 0 Å². The smallest absolute Gasteiger partial charge is 0.275 e. The lowest BCUT2D eigenvalue weighted by molar-refractivity contribution is -1.02. The first-order chi connectivity index (χ1) is 15.0. The molecule has 1 saturated heterocycles. The van der Waals surface area contributed by atoms with E-state index in [0.717, 1.165) is 48.2 Å². The first-order valence-electron chi connectivity index (χ1n) is 11.2. The molecule has 1 aliphatic rings. The first-order valence-corrected chi connectivity index (χ1v) is 11.2. The van der Waals surface area contributed by atoms with Crippen molar-refractivity contribution in [3.63, 3.8) is 0 Å². The van der Waals surface area contributed by atoms with Gasteiger partial charge >= 0.3 is 0 Å². The van der Waals surface area contributed by atoms with Crippen LogP contribution >= 0.6 is 0 Å². The van der Waals surface area contributed by atoms with Gasteiger partial charge in [-0.3, -0.25) is 9.59 Å². The van der Waals surface area contributed by atoms with E-state index in [1.807, 2.05) is 62.5 Å². The molecule has 162 valence electrons. The van der Waals surface area contributed by atoms with Gasteiger partial charge in [-0.05, 0) is 19.9 Å². The molecule has 2 heterocycles. The van der Waals surface area contributed by atoms with Crippen molar-refractivity contribution in [1.29, 1.82) is 0 Å². The van der Waals surface area contributed by atoms with E-state index >= 15 is 0 Å². The minimum absolute atomic E-state index is 0.0999. The normalized spacial score (nSPS) is 20.0. The maximum absolute atomic E-state index is 13.8. The summed E-state index contributed by atoms with van der Waals surface area (Å²) >= 11 is 0. The molecule has 1 aromatic heterocycles. The second kappa shape index (κ2) is 9.45. The molecule has 0 aliphatic carbocycles. The molecule has 0 spiro atoms. The topological polar surface area (TPSA) is 70.8 Å². The fourth-order valence-corrected chi connectivity index (χ4v) is 4.64. The zero-order valence-electron chi connectivity index (χ0n) is 18.3. The largest absolute Gasteiger partial charge is 0.360 e. The Hall–Kier alpha value is -2.96. The Morgan fingerprint density at radius 1 is 0.968 bits per heavy atom. The number of piperazine rings is 1. The molecule has 1 atom stereocenters. The quantitative estimate of drug-likeness (QED) is 0.418. The molecule has 6 heteroatoms. The number of fused-ring (bicyclic) bond motifs is 1. The molecule has 31 heavy (non-hydrogen) atoms. The van der Waals surface area contributed by atoms with Crippen molar-refractivity contribution >= 4 is 22.6 Å². The van der Waals surface area contributed by atoms with Gasteiger partial charge in [0.2, 0.25) is 5.78 Å². The summed E-state index contributed by atoms with van der Waals surface area (Å²) in [6.07, 6.45) is 1.85. The van der Waals surface area contributed by atoms with Crippen LogP contribution in [-0.4, -0.2) is 55.4 Å². The maximum Gasteiger partial charge on any atom is 0.275 e. The van der Waals surface area contributed by atoms with E-state index in [4.69, 9.17) is 0 Å². The molecule has 0 unspecified atom stereocenters. The molecule has 1 amide bonds. The number of carbonyl (C=O) groups excluding carboxylic acids is 2. The van der Waals surface area contributed by atoms with Gasteiger partial charge in [-0.15, -0.1) is 0 Å². The number of amides is 1. The Morgan fingerprint density at radius 2 is 1.65 bits per heavy atom. The van der Waals surface area contributed by atoms with Gasteiger partial charge in [-0.25, -0.2) is 0 Å². The van der Waals surface area contributed by atoms with Crippen LogP contribution in [0.4, 0.5) is 0 Å². The van der Waals surface area contributed by atoms with Crippen LogP contribution in [0.2, 0.25) is 0 Å². The van der Waals surface area contributed by atoms with E-state index in [-0.39, 0.29) is 23.8 Å². The summed E-state index contributed by atoms with van der Waals surface area (Å²) in [4.78, 5) is 31.7. The number of carbonyl (C=O) groups is 2. The van der Waals surface area contributed by atoms with E-state index in [0.29, 0.717) is 6.54 Å². The SMILES string of the molecule is CC(C)NC(=O)C[NH+]1CC[NH+]([C@H](C(=O)c2c[nH]c3ccccc23)c2ccccc2)CC1. The second-order valence-corrected chi connectivity index (χ2v) is 8.76. The number of quaternary nitrogens is 2. The van der Waals surface area contributed by atoms with Crippen LogP contribution in [0.1, 0.15) is 35.8 Å². The summed E-state index contributed by atoms with van der Waals surface area (Å²) in [5, 5.41) is 3.95. The standard InChI is InChI=1S/C25H30N4O2/c1-18(2)27-23(30)17-28-12-14-29(15-13-28)24(19-8-4-3-5-9-19)25(31)21-16-26-22-11-7-6-10-20(21)22/h3-11,16,18,24,26H,12-15,17H2,1-2H3,(H,27,30)/p+2/t24-/m0/s1. The lowest BCUT2D eigenvalue weighted by atomic mass is 9.95. The van der Waals surface area contributed by atoms with Crippen LogP contribution in [-0.2, 0) is 4.79 Å². The third-order valence-electron chi connectivity index (χ3n) is 6.12. The fraction of sp³-hybridized carbons (Fsp3) is 0.360. The van der Waals surface area contributed by atoms with E-state index in [1.165, 1.54) is 9.80 Å². The highest BCUT2D eigenvalue weighted by molar-refractivity contribution is 6.10. The fourth-order valence-electron chi connectivity index (χ4n) is 4.64. The lowest BCUT2D eigenvalue weighted by Gasteiger charge is -2.34. The van der Waals surface area contributed by atoms with Gasteiger partial charge in [0.25, 0.3) is 5.91 Å². The van der Waals surface area contributed by atoms with Crippen molar-refractivity contribution in [1.82, 2.24) is 10.3 Å². The molecule has 0 saturated carbocycles. The highest BCUT2D eigenvalue weighted by Gasteiger charge is 2.37. The highest BCUT2D eigenvalue weighted by Crippen LogP contribution is 2.23. The minimum atomic E-state index is -0.244. The molecule has 1 aliphatic heterocycles. The van der Waals surface area contributed by atoms with E-state index < -0.39 is 0 Å². The van der Waals surface area contributed by atoms with Crippen molar-refractivity contribution in [2.75, 3.05) is 32.7 Å². The van der Waals surface area contributed by atoms with Gasteiger partial charge in [0.15, 0.2) is 12.6 Å². The third kappa shape index (κ3) is 4.86. The number of aromatic amines is 1. The van der Waals surface area contributed by atoms with Crippen LogP contribution in [0, 0.1) is 0 Å². The van der Waals surface area contributed by atoms with Crippen molar-refractivity contribution in [2.24, 2.45) is 0 Å². The van der Waals surface area contributed by atoms with Gasteiger partial charge in [-0.1, -0.05) is 48.5 Å². The molecule has 0 radical (unpaired) electrons. The van der Waals surface area contributed by atoms with Gasteiger partial charge in [-0.2, -0.15) is 0 Å². The predicted octanol–water partition coefficient (Wildman–Crippen LogP) is 0.400. The molecule has 6 nitrogen and oxygen atoms in total. The van der Waals surface area contributed by atoms with E-state index in [2.05, 4.69) is 22.4 Å². The van der Waals surface area contributed by atoms with Crippen LogP contribution in [0.3, 0.4) is 0 Å². The van der Waals surface area contributed by atoms with Gasteiger partial charge in [0, 0.05) is 34.3 Å². The number of para-hydroxylation sites is 1. The number of nitrogens with one attached hydrogen (secondary N) is 4. The molecule has 4 N–H and O–H groups in total. The van der Waals surface area contributed by atoms with E-state index in [9.17, 15) is 9.59 Å². The van der Waals surface area contributed by atoms with Crippen molar-refractivity contribution in [2.45, 2.75) is 25.9 Å². The van der Waals surface area contributed by atoms with Crippen LogP contribution in [0.15, 0.2) is 60.8 Å². The summed E-state index contributed by atoms with van der Waals surface area (Å²) in [5.74, 6) is 0.252. The average molecular weight is 421 g/mol. The number of Topliss-reactive ketones (excluding diaryl/α,β-unsaturated/α-hetero) is 1. The molecule has 2 aromatic carbocycles. The second-order valence-electron chi connectivity index (χ2n) is 8.76. The number of ketones is 1.